The van der Waals surface area contributed by atoms with E-state index < -0.39 is 11.8 Å². The van der Waals surface area contributed by atoms with Gasteiger partial charge in [-0.2, -0.15) is 0 Å². The number of halogens is 2. The number of carboxylic acids is 1. The summed E-state index contributed by atoms with van der Waals surface area (Å²) in [5, 5.41) is 15.7. The Hall–Kier alpha value is -2.57. The summed E-state index contributed by atoms with van der Waals surface area (Å²) in [4.78, 5) is 46.0. The molecule has 1 saturated carbocycles. The molecule has 1 unspecified atom stereocenters. The van der Waals surface area contributed by atoms with Crippen LogP contribution >= 0.6 is 34.5 Å². The minimum atomic E-state index is -1.29. The van der Waals surface area contributed by atoms with Crippen molar-refractivity contribution in [2.45, 2.75) is 62.9 Å². The number of Topliss-reactive ketones (excluding diaryl/α,β-unsaturated/α-hetero) is 1. The first-order valence-electron chi connectivity index (χ1n) is 15.9. The lowest BCUT2D eigenvalue weighted by Crippen LogP contribution is -2.75. The summed E-state index contributed by atoms with van der Waals surface area (Å²) >= 11 is 15.0. The number of hydrogen-bond donors (Lipinski definition) is 2. The zero-order valence-electron chi connectivity index (χ0n) is 26.1. The number of nitrogens with zero attached hydrogens (tertiary/aromatic N) is 3. The van der Waals surface area contributed by atoms with E-state index in [-0.39, 0.29) is 35.2 Å². The molecule has 246 valence electrons. The molecule has 3 aliphatic rings. The van der Waals surface area contributed by atoms with Crippen LogP contribution in [0.5, 0.6) is 0 Å². The molecule has 2 saturated heterocycles. The number of likely N-dealkylation sites (N-methyl/N-ethyl adjacent to an activating group) is 1. The third-order valence-corrected chi connectivity index (χ3v) is 11.4. The number of carboxylic acid groups (broad SMARTS) is 1. The van der Waals surface area contributed by atoms with Gasteiger partial charge in [0.15, 0.2) is 5.78 Å². The Balaban J connectivity index is 1.26. The molecule has 2 aromatic carbocycles. The molecule has 2 N–H and O–H groups in total. The van der Waals surface area contributed by atoms with Gasteiger partial charge in [-0.05, 0) is 76.4 Å². The number of benzene rings is 2. The highest BCUT2D eigenvalue weighted by Gasteiger charge is 2.56. The third kappa shape index (κ3) is 6.58. The van der Waals surface area contributed by atoms with Crippen molar-refractivity contribution in [2.24, 2.45) is 5.92 Å². The van der Waals surface area contributed by atoms with E-state index in [4.69, 9.17) is 27.9 Å². The molecule has 0 bridgehead atoms. The lowest BCUT2D eigenvalue weighted by molar-refractivity contribution is -0.275. The molecule has 1 aromatic heterocycles. The summed E-state index contributed by atoms with van der Waals surface area (Å²) in [7, 11) is 4.08. The first-order valence-corrected chi connectivity index (χ1v) is 17.6. The van der Waals surface area contributed by atoms with Crippen LogP contribution in [-0.2, 0) is 20.7 Å². The number of nitrogens with one attached hydrogen (secondary N) is 1. The smallest absolute Gasteiger partial charge is 0.306 e. The number of rotatable bonds is 11. The number of amides is 1. The minimum absolute atomic E-state index is 0.00789. The maximum Gasteiger partial charge on any atom is 0.306 e. The number of ether oxygens (including phenoxy) is 1. The Labute approximate surface area is 283 Å². The van der Waals surface area contributed by atoms with E-state index in [2.05, 4.69) is 20.0 Å². The first kappa shape index (κ1) is 33.3. The van der Waals surface area contributed by atoms with Crippen molar-refractivity contribution < 1.29 is 24.2 Å². The molecule has 12 heteroatoms. The summed E-state index contributed by atoms with van der Waals surface area (Å²) in [6, 6.07) is 11.3. The number of fused-ring (bicyclic) bond motifs is 1. The SMILES string of the molecule is CN(C)C1CN(C(OC2CCC(C(=O)O)CC2)(C(=O)Cc2cc(Cl)c(NC(=O)c3csc4ccccc34)cc2Cl)N2CCCC2)C1. The quantitative estimate of drug-likeness (QED) is 0.245. The molecule has 1 atom stereocenters. The number of likely N-dealkylation sites (tertiary alicyclic amines) is 2. The molecule has 1 amide bonds. The predicted octanol–water partition coefficient (Wildman–Crippen LogP) is 6.23. The lowest BCUT2D eigenvalue weighted by atomic mass is 9.87. The second-order valence-electron chi connectivity index (χ2n) is 12.9. The van der Waals surface area contributed by atoms with E-state index in [0.29, 0.717) is 66.7 Å². The molecule has 0 spiro atoms. The van der Waals surface area contributed by atoms with Crippen molar-refractivity contribution in [3.8, 4) is 0 Å². The Bertz CT molecular complexity index is 1610. The van der Waals surface area contributed by atoms with Gasteiger partial charge in [0.1, 0.15) is 0 Å². The van der Waals surface area contributed by atoms with Gasteiger partial charge < -0.3 is 20.1 Å². The Kier molecular flexibility index (Phi) is 10.1. The fraction of sp³-hybridized carbons (Fsp3) is 0.500. The van der Waals surface area contributed by atoms with Gasteiger partial charge >= 0.3 is 5.97 Å². The van der Waals surface area contributed by atoms with Crippen LogP contribution in [0.25, 0.3) is 10.1 Å². The fourth-order valence-electron chi connectivity index (χ4n) is 6.93. The van der Waals surface area contributed by atoms with Crippen molar-refractivity contribution in [3.05, 3.63) is 63.0 Å². The van der Waals surface area contributed by atoms with E-state index in [9.17, 15) is 19.5 Å². The van der Waals surface area contributed by atoms with Gasteiger partial charge in [0, 0.05) is 59.1 Å². The van der Waals surface area contributed by atoms with Gasteiger partial charge in [0.2, 0.25) is 5.85 Å². The number of hydrogen-bond acceptors (Lipinski definition) is 8. The summed E-state index contributed by atoms with van der Waals surface area (Å²) in [6.45, 7) is 2.82. The van der Waals surface area contributed by atoms with E-state index >= 15 is 0 Å². The molecule has 6 rings (SSSR count). The second-order valence-corrected chi connectivity index (χ2v) is 14.6. The van der Waals surface area contributed by atoms with Crippen LogP contribution in [0.3, 0.4) is 0 Å². The summed E-state index contributed by atoms with van der Waals surface area (Å²) < 4.78 is 7.96. The standard InChI is InChI=1S/C34H40Cl2N4O5S/c1-38(2)23-18-40(19-23)34(39-13-5-6-14-39,45-24-11-9-21(10-12-24)33(43)44)31(41)16-22-15-28(36)29(17-27(22)35)37-32(42)26-20-46-30-8-4-3-7-25(26)30/h3-4,7-8,15,17,20-21,23-24H,5-6,9-14,16,18-19H2,1-2H3,(H,37,42)(H,43,44). The van der Waals surface area contributed by atoms with E-state index in [1.165, 1.54) is 11.3 Å². The lowest BCUT2D eigenvalue weighted by Gasteiger charge is -2.56. The molecule has 9 nitrogen and oxygen atoms in total. The van der Waals surface area contributed by atoms with Crippen molar-refractivity contribution >= 4 is 68.0 Å². The highest BCUT2D eigenvalue weighted by atomic mass is 35.5. The topological polar surface area (TPSA) is 102 Å². The average Bonchev–Trinajstić information content (AvgIpc) is 3.69. The van der Waals surface area contributed by atoms with E-state index in [0.717, 1.165) is 36.0 Å². The average molecular weight is 688 g/mol. The highest BCUT2D eigenvalue weighted by molar-refractivity contribution is 7.17. The zero-order valence-corrected chi connectivity index (χ0v) is 28.5. The predicted molar refractivity (Wildman–Crippen MR) is 182 cm³/mol. The molecule has 2 aliphatic heterocycles. The van der Waals surface area contributed by atoms with E-state index in [1.54, 1.807) is 12.1 Å². The van der Waals surface area contributed by atoms with Gasteiger partial charge in [-0.3, -0.25) is 24.2 Å². The second kappa shape index (κ2) is 13.9. The molecule has 3 heterocycles. The van der Waals surface area contributed by atoms with Crippen LogP contribution in [0, 0.1) is 5.92 Å². The first-order chi connectivity index (χ1) is 22.1. The molecular formula is C34H40Cl2N4O5S. The highest BCUT2D eigenvalue weighted by Crippen LogP contribution is 2.39. The molecular weight excluding hydrogens is 647 g/mol. The number of aliphatic carboxylic acids is 1. The molecule has 3 fully saturated rings. The molecule has 3 aromatic rings. The number of ketones is 1. The van der Waals surface area contributed by atoms with Gasteiger partial charge in [-0.15, -0.1) is 11.3 Å². The molecule has 1 aliphatic carbocycles. The van der Waals surface area contributed by atoms with Gasteiger partial charge in [-0.1, -0.05) is 41.4 Å². The van der Waals surface area contributed by atoms with Crippen LogP contribution < -0.4 is 5.32 Å². The minimum Gasteiger partial charge on any atom is -0.481 e. The Morgan fingerprint density at radius 1 is 1.02 bits per heavy atom. The third-order valence-electron chi connectivity index (χ3n) is 9.73. The number of carbonyl (C=O) groups is 3. The summed E-state index contributed by atoms with van der Waals surface area (Å²) in [5.74, 6) is -2.84. The van der Waals surface area contributed by atoms with Gasteiger partial charge in [0.25, 0.3) is 5.91 Å². The molecule has 0 radical (unpaired) electrons. The van der Waals surface area contributed by atoms with Gasteiger partial charge in [-0.25, -0.2) is 0 Å². The van der Waals surface area contributed by atoms with Crippen molar-refractivity contribution in [2.75, 3.05) is 45.6 Å². The number of carbonyl (C=O) groups excluding carboxylic acids is 2. The summed E-state index contributed by atoms with van der Waals surface area (Å²) in [6.07, 6.45) is 3.93. The van der Waals surface area contributed by atoms with Crippen LogP contribution in [0.4, 0.5) is 5.69 Å². The largest absolute Gasteiger partial charge is 0.481 e. The zero-order chi connectivity index (χ0) is 32.6. The van der Waals surface area contributed by atoms with Crippen molar-refractivity contribution in [1.82, 2.24) is 14.7 Å². The van der Waals surface area contributed by atoms with Crippen LogP contribution in [0.15, 0.2) is 41.8 Å². The monoisotopic (exact) mass is 686 g/mol. The van der Waals surface area contributed by atoms with Crippen LogP contribution in [-0.4, -0.2) is 95.7 Å². The van der Waals surface area contributed by atoms with Gasteiger partial charge in [0.05, 0.1) is 28.3 Å². The number of thiophene rings is 1. The summed E-state index contributed by atoms with van der Waals surface area (Å²) in [5.41, 5.74) is 1.49. The molecule has 46 heavy (non-hydrogen) atoms. The number of anilines is 1. The Morgan fingerprint density at radius 3 is 2.39 bits per heavy atom. The Morgan fingerprint density at radius 2 is 1.72 bits per heavy atom. The van der Waals surface area contributed by atoms with Crippen LogP contribution in [0.1, 0.15) is 54.4 Å². The van der Waals surface area contributed by atoms with Crippen molar-refractivity contribution in [3.63, 3.8) is 0 Å². The van der Waals surface area contributed by atoms with E-state index in [1.807, 2.05) is 43.7 Å². The fourth-order valence-corrected chi connectivity index (χ4v) is 8.33. The normalized spacial score (nSPS) is 22.5. The maximum atomic E-state index is 14.7. The maximum absolute atomic E-state index is 14.7. The van der Waals surface area contributed by atoms with Crippen LogP contribution in [0.2, 0.25) is 10.0 Å². The van der Waals surface area contributed by atoms with Crippen molar-refractivity contribution in [1.29, 1.82) is 0 Å².